The van der Waals surface area contributed by atoms with E-state index in [4.69, 9.17) is 0 Å². The second-order valence-electron chi connectivity index (χ2n) is 6.92. The van der Waals surface area contributed by atoms with Crippen LogP contribution in [-0.2, 0) is 4.79 Å². The predicted molar refractivity (Wildman–Crippen MR) is 109 cm³/mol. The van der Waals surface area contributed by atoms with E-state index in [2.05, 4.69) is 45.3 Å². The first kappa shape index (κ1) is 19.6. The Bertz CT molecular complexity index is 795. The maximum Gasteiger partial charge on any atom is 0.251 e. The molecule has 1 aliphatic heterocycles. The van der Waals surface area contributed by atoms with Crippen molar-refractivity contribution in [1.29, 1.82) is 0 Å². The number of hydrogen-bond acceptors (Lipinski definition) is 3. The first-order valence-corrected chi connectivity index (χ1v) is 9.85. The summed E-state index contributed by atoms with van der Waals surface area (Å²) in [6.07, 6.45) is 0. The zero-order chi connectivity index (χ0) is 19.4. The number of benzene rings is 2. The maximum absolute atomic E-state index is 13.1. The van der Waals surface area contributed by atoms with Crippen molar-refractivity contribution >= 4 is 27.7 Å². The summed E-state index contributed by atoms with van der Waals surface area (Å²) >= 11 is 3.36. The molecular formula is C21H24BrN3O2. The maximum atomic E-state index is 13.1. The van der Waals surface area contributed by atoms with Crippen molar-refractivity contribution in [1.82, 2.24) is 15.1 Å². The molecule has 1 N–H and O–H groups in total. The summed E-state index contributed by atoms with van der Waals surface area (Å²) in [5, 5.41) is 2.84. The largest absolute Gasteiger partial charge is 0.341 e. The van der Waals surface area contributed by atoms with Gasteiger partial charge in [-0.2, -0.15) is 0 Å². The fourth-order valence-corrected chi connectivity index (χ4v) is 3.60. The number of carbonyl (C=O) groups excluding carboxylic acids is 2. The SMILES string of the molecule is C[C@H](NC(=O)c1ccc(Br)cc1)C(=O)N1CCN(C)C[C@H]1c1ccccc1. The van der Waals surface area contributed by atoms with Gasteiger partial charge in [0.2, 0.25) is 5.91 Å². The van der Waals surface area contributed by atoms with Crippen LogP contribution in [0.5, 0.6) is 0 Å². The number of piperazine rings is 1. The number of amides is 2. The number of carbonyl (C=O) groups is 2. The third-order valence-corrected chi connectivity index (χ3v) is 5.40. The van der Waals surface area contributed by atoms with Gasteiger partial charge in [0.1, 0.15) is 6.04 Å². The Morgan fingerprint density at radius 1 is 1.07 bits per heavy atom. The van der Waals surface area contributed by atoms with Gasteiger partial charge in [-0.1, -0.05) is 46.3 Å². The molecule has 1 aliphatic rings. The van der Waals surface area contributed by atoms with Crippen LogP contribution in [0, 0.1) is 0 Å². The lowest BCUT2D eigenvalue weighted by atomic mass is 10.0. The minimum atomic E-state index is -0.587. The van der Waals surface area contributed by atoms with Crippen LogP contribution in [0.25, 0.3) is 0 Å². The topological polar surface area (TPSA) is 52.7 Å². The van der Waals surface area contributed by atoms with Gasteiger partial charge in [-0.25, -0.2) is 0 Å². The highest BCUT2D eigenvalue weighted by Crippen LogP contribution is 2.25. The van der Waals surface area contributed by atoms with Gasteiger partial charge in [-0.05, 0) is 43.8 Å². The molecule has 6 heteroatoms. The second-order valence-corrected chi connectivity index (χ2v) is 7.84. The summed E-state index contributed by atoms with van der Waals surface area (Å²) in [6.45, 7) is 4.00. The summed E-state index contributed by atoms with van der Waals surface area (Å²) in [5.74, 6) is -0.295. The van der Waals surface area contributed by atoms with E-state index < -0.39 is 6.04 Å². The Hall–Kier alpha value is -2.18. The molecule has 0 saturated carbocycles. The number of halogens is 1. The molecular weight excluding hydrogens is 406 g/mol. The monoisotopic (exact) mass is 429 g/mol. The number of hydrogen-bond donors (Lipinski definition) is 1. The van der Waals surface area contributed by atoms with Crippen molar-refractivity contribution in [2.45, 2.75) is 19.0 Å². The van der Waals surface area contributed by atoms with Crippen molar-refractivity contribution in [3.63, 3.8) is 0 Å². The van der Waals surface area contributed by atoms with Crippen LogP contribution in [0.2, 0.25) is 0 Å². The first-order valence-electron chi connectivity index (χ1n) is 9.06. The number of nitrogens with zero attached hydrogens (tertiary/aromatic N) is 2. The van der Waals surface area contributed by atoms with Crippen LogP contribution >= 0.6 is 15.9 Å². The number of likely N-dealkylation sites (N-methyl/N-ethyl adjacent to an activating group) is 1. The van der Waals surface area contributed by atoms with E-state index in [0.717, 1.165) is 23.1 Å². The molecule has 0 unspecified atom stereocenters. The van der Waals surface area contributed by atoms with E-state index in [-0.39, 0.29) is 17.9 Å². The van der Waals surface area contributed by atoms with E-state index in [1.165, 1.54) is 0 Å². The van der Waals surface area contributed by atoms with Crippen LogP contribution in [0.15, 0.2) is 59.1 Å². The molecule has 0 aliphatic carbocycles. The van der Waals surface area contributed by atoms with E-state index in [0.29, 0.717) is 12.1 Å². The molecule has 142 valence electrons. The molecule has 27 heavy (non-hydrogen) atoms. The summed E-state index contributed by atoms with van der Waals surface area (Å²) in [4.78, 5) is 29.7. The van der Waals surface area contributed by atoms with Crippen LogP contribution in [-0.4, -0.2) is 54.3 Å². The van der Waals surface area contributed by atoms with Crippen LogP contribution < -0.4 is 5.32 Å². The molecule has 2 aromatic rings. The van der Waals surface area contributed by atoms with Crippen molar-refractivity contribution in [3.8, 4) is 0 Å². The molecule has 1 fully saturated rings. The van der Waals surface area contributed by atoms with Gasteiger partial charge in [0, 0.05) is 29.7 Å². The highest BCUT2D eigenvalue weighted by atomic mass is 79.9. The van der Waals surface area contributed by atoms with Crippen molar-refractivity contribution in [3.05, 3.63) is 70.2 Å². The van der Waals surface area contributed by atoms with Crippen molar-refractivity contribution < 1.29 is 9.59 Å². The molecule has 2 atom stereocenters. The molecule has 2 aromatic carbocycles. The minimum absolute atomic E-state index is 0.00974. The second kappa shape index (κ2) is 8.67. The number of rotatable bonds is 4. The molecule has 0 aromatic heterocycles. The normalized spacial score (nSPS) is 18.8. The van der Waals surface area contributed by atoms with Gasteiger partial charge in [0.05, 0.1) is 6.04 Å². The minimum Gasteiger partial charge on any atom is -0.341 e. The predicted octanol–water partition coefficient (Wildman–Crippen LogP) is 3.08. The van der Waals surface area contributed by atoms with Crippen LogP contribution in [0.3, 0.4) is 0 Å². The average molecular weight is 430 g/mol. The van der Waals surface area contributed by atoms with E-state index in [1.807, 2.05) is 35.2 Å². The standard InChI is InChI=1S/C21H24BrN3O2/c1-15(23-20(26)17-8-10-18(22)11-9-17)21(27)25-13-12-24(2)14-19(25)16-6-4-3-5-7-16/h3-11,15,19H,12-14H2,1-2H3,(H,23,26)/t15-,19-/m0/s1. The van der Waals surface area contributed by atoms with Gasteiger partial charge in [0.25, 0.3) is 5.91 Å². The molecule has 0 bridgehead atoms. The van der Waals surface area contributed by atoms with Crippen LogP contribution in [0.1, 0.15) is 28.9 Å². The Labute approximate surface area is 168 Å². The smallest absolute Gasteiger partial charge is 0.251 e. The lowest BCUT2D eigenvalue weighted by molar-refractivity contribution is -0.137. The Kier molecular flexibility index (Phi) is 6.29. The zero-order valence-corrected chi connectivity index (χ0v) is 17.1. The van der Waals surface area contributed by atoms with Gasteiger partial charge >= 0.3 is 0 Å². The summed E-state index contributed by atoms with van der Waals surface area (Å²) in [6, 6.07) is 16.6. The van der Waals surface area contributed by atoms with Gasteiger partial charge in [-0.15, -0.1) is 0 Å². The van der Waals surface area contributed by atoms with Gasteiger partial charge in [-0.3, -0.25) is 9.59 Å². The molecule has 0 spiro atoms. The Morgan fingerprint density at radius 2 is 1.74 bits per heavy atom. The van der Waals surface area contributed by atoms with Crippen molar-refractivity contribution in [2.75, 3.05) is 26.7 Å². The fraction of sp³-hybridized carbons (Fsp3) is 0.333. The fourth-order valence-electron chi connectivity index (χ4n) is 3.34. The highest BCUT2D eigenvalue weighted by Gasteiger charge is 2.33. The lowest BCUT2D eigenvalue weighted by Crippen LogP contribution is -2.54. The Balaban J connectivity index is 1.72. The summed E-state index contributed by atoms with van der Waals surface area (Å²) < 4.78 is 0.909. The number of nitrogens with one attached hydrogen (secondary N) is 1. The average Bonchev–Trinajstić information content (AvgIpc) is 2.68. The molecule has 1 heterocycles. The molecule has 5 nitrogen and oxygen atoms in total. The third-order valence-electron chi connectivity index (χ3n) is 4.88. The molecule has 0 radical (unpaired) electrons. The highest BCUT2D eigenvalue weighted by molar-refractivity contribution is 9.10. The zero-order valence-electron chi connectivity index (χ0n) is 15.6. The van der Waals surface area contributed by atoms with Crippen molar-refractivity contribution in [2.24, 2.45) is 0 Å². The van der Waals surface area contributed by atoms with Gasteiger partial charge in [0.15, 0.2) is 0 Å². The molecule has 1 saturated heterocycles. The Morgan fingerprint density at radius 3 is 2.41 bits per heavy atom. The third kappa shape index (κ3) is 4.76. The first-order chi connectivity index (χ1) is 13.0. The molecule has 3 rings (SSSR count). The lowest BCUT2D eigenvalue weighted by Gasteiger charge is -2.41. The van der Waals surface area contributed by atoms with E-state index in [9.17, 15) is 9.59 Å². The quantitative estimate of drug-likeness (QED) is 0.812. The van der Waals surface area contributed by atoms with Crippen LogP contribution in [0.4, 0.5) is 0 Å². The summed E-state index contributed by atoms with van der Waals surface area (Å²) in [5.41, 5.74) is 1.65. The molecule has 2 amide bonds. The van der Waals surface area contributed by atoms with E-state index >= 15 is 0 Å². The van der Waals surface area contributed by atoms with Gasteiger partial charge < -0.3 is 15.1 Å². The van der Waals surface area contributed by atoms with E-state index in [1.54, 1.807) is 19.1 Å². The summed E-state index contributed by atoms with van der Waals surface area (Å²) in [7, 11) is 2.07.